The lowest BCUT2D eigenvalue weighted by Gasteiger charge is -2.13. The van der Waals surface area contributed by atoms with Gasteiger partial charge in [-0.2, -0.15) is 5.26 Å². The van der Waals surface area contributed by atoms with Crippen molar-refractivity contribution in [2.75, 3.05) is 13.2 Å². The maximum Gasteiger partial charge on any atom is 0.160 e. The summed E-state index contributed by atoms with van der Waals surface area (Å²) in [6, 6.07) is 15.1. The topological polar surface area (TPSA) is 75.2 Å². The predicted octanol–water partition coefficient (Wildman–Crippen LogP) is 2.33. The Morgan fingerprint density at radius 2 is 2.17 bits per heavy atom. The van der Waals surface area contributed by atoms with Crippen LogP contribution in [0.3, 0.4) is 0 Å². The summed E-state index contributed by atoms with van der Waals surface area (Å²) in [6.07, 6.45) is 1.95. The first kappa shape index (κ1) is 15.0. The molecule has 3 rings (SSSR count). The maximum atomic E-state index is 8.87. The van der Waals surface area contributed by atoms with Crippen molar-refractivity contribution in [2.45, 2.75) is 13.0 Å². The Balaban J connectivity index is 1.53. The summed E-state index contributed by atoms with van der Waals surface area (Å²) < 4.78 is 7.61. The van der Waals surface area contributed by atoms with Crippen molar-refractivity contribution < 1.29 is 4.74 Å². The summed E-state index contributed by atoms with van der Waals surface area (Å²) in [5, 5.41) is 20.6. The number of fused-ring (bicyclic) bond motifs is 1. The predicted molar refractivity (Wildman–Crippen MR) is 86.1 cm³/mol. The zero-order valence-corrected chi connectivity index (χ0v) is 12.8. The van der Waals surface area contributed by atoms with Crippen LogP contribution < -0.4 is 10.1 Å². The second kappa shape index (κ2) is 6.90. The highest BCUT2D eigenvalue weighted by molar-refractivity contribution is 5.37. The summed E-state index contributed by atoms with van der Waals surface area (Å²) in [7, 11) is 0. The maximum absolute atomic E-state index is 8.87. The van der Waals surface area contributed by atoms with E-state index in [0.717, 1.165) is 11.5 Å². The van der Waals surface area contributed by atoms with Gasteiger partial charge in [-0.15, -0.1) is 10.2 Å². The third kappa shape index (κ3) is 3.47. The fourth-order valence-corrected chi connectivity index (χ4v) is 2.35. The molecule has 0 unspecified atom stereocenters. The van der Waals surface area contributed by atoms with Crippen molar-refractivity contribution in [3.63, 3.8) is 0 Å². The first-order valence-electron chi connectivity index (χ1n) is 7.44. The zero-order valence-electron chi connectivity index (χ0n) is 12.8. The SMILES string of the molecule is C[C@H](NCCOc1cccc(C#N)c1)c1nnc2ccccn12. The van der Waals surface area contributed by atoms with E-state index in [-0.39, 0.29) is 6.04 Å². The number of ether oxygens (including phenoxy) is 1. The monoisotopic (exact) mass is 307 g/mol. The molecule has 2 heterocycles. The molecule has 0 fully saturated rings. The van der Waals surface area contributed by atoms with Crippen LogP contribution in [0.5, 0.6) is 5.75 Å². The number of nitriles is 1. The number of nitrogens with one attached hydrogen (secondary N) is 1. The average Bonchev–Trinajstić information content (AvgIpc) is 3.03. The molecule has 6 nitrogen and oxygen atoms in total. The van der Waals surface area contributed by atoms with Crippen LogP contribution >= 0.6 is 0 Å². The molecule has 23 heavy (non-hydrogen) atoms. The summed E-state index contributed by atoms with van der Waals surface area (Å²) in [4.78, 5) is 0. The van der Waals surface area contributed by atoms with Gasteiger partial charge in [0.25, 0.3) is 0 Å². The minimum absolute atomic E-state index is 0.0569. The Labute approximate surface area is 134 Å². The summed E-state index contributed by atoms with van der Waals surface area (Å²) >= 11 is 0. The van der Waals surface area contributed by atoms with Gasteiger partial charge in [-0.1, -0.05) is 12.1 Å². The van der Waals surface area contributed by atoms with E-state index in [9.17, 15) is 0 Å². The molecule has 1 aromatic carbocycles. The molecule has 6 heteroatoms. The molecule has 0 aliphatic carbocycles. The van der Waals surface area contributed by atoms with Crippen LogP contribution in [0.25, 0.3) is 5.65 Å². The van der Waals surface area contributed by atoms with Crippen LogP contribution in [-0.4, -0.2) is 27.7 Å². The van der Waals surface area contributed by atoms with Crippen LogP contribution in [0, 0.1) is 11.3 Å². The zero-order chi connectivity index (χ0) is 16.1. The molecular weight excluding hydrogens is 290 g/mol. The van der Waals surface area contributed by atoms with Gasteiger partial charge in [-0.25, -0.2) is 0 Å². The quantitative estimate of drug-likeness (QED) is 0.707. The minimum atomic E-state index is 0.0569. The molecule has 1 N–H and O–H groups in total. The van der Waals surface area contributed by atoms with Gasteiger partial charge in [0.1, 0.15) is 12.4 Å². The second-order valence-corrected chi connectivity index (χ2v) is 5.15. The van der Waals surface area contributed by atoms with Crippen molar-refractivity contribution in [2.24, 2.45) is 0 Å². The van der Waals surface area contributed by atoms with E-state index >= 15 is 0 Å². The summed E-state index contributed by atoms with van der Waals surface area (Å²) in [5.41, 5.74) is 1.43. The Morgan fingerprint density at radius 3 is 3.04 bits per heavy atom. The molecule has 1 atom stereocenters. The van der Waals surface area contributed by atoms with Crippen LogP contribution in [0.2, 0.25) is 0 Å². The molecule has 2 aromatic heterocycles. The largest absolute Gasteiger partial charge is 0.492 e. The van der Waals surface area contributed by atoms with Gasteiger partial charge in [0.05, 0.1) is 17.7 Å². The lowest BCUT2D eigenvalue weighted by atomic mass is 10.2. The number of benzene rings is 1. The highest BCUT2D eigenvalue weighted by Crippen LogP contribution is 2.13. The standard InChI is InChI=1S/C17H17N5O/c1-13(17-21-20-16-7-2-3-9-22(16)17)19-8-10-23-15-6-4-5-14(11-15)12-18/h2-7,9,11,13,19H,8,10H2,1H3/t13-/m0/s1. The van der Waals surface area contributed by atoms with Crippen molar-refractivity contribution in [3.05, 3.63) is 60.0 Å². The fourth-order valence-electron chi connectivity index (χ4n) is 2.35. The highest BCUT2D eigenvalue weighted by atomic mass is 16.5. The molecule has 3 aromatic rings. The van der Waals surface area contributed by atoms with Crippen LogP contribution in [0.4, 0.5) is 0 Å². The van der Waals surface area contributed by atoms with Gasteiger partial charge in [-0.3, -0.25) is 4.40 Å². The van der Waals surface area contributed by atoms with Crippen molar-refractivity contribution in [1.82, 2.24) is 19.9 Å². The normalized spacial score (nSPS) is 12.0. The Morgan fingerprint density at radius 1 is 1.26 bits per heavy atom. The van der Waals surface area contributed by atoms with Crippen molar-refractivity contribution in [1.29, 1.82) is 5.26 Å². The molecule has 0 radical (unpaired) electrons. The minimum Gasteiger partial charge on any atom is -0.492 e. The van der Waals surface area contributed by atoms with Crippen LogP contribution in [0.1, 0.15) is 24.4 Å². The molecular formula is C17H17N5O. The first-order valence-corrected chi connectivity index (χ1v) is 7.44. The molecule has 0 bridgehead atoms. The van der Waals surface area contributed by atoms with E-state index in [1.165, 1.54) is 0 Å². The van der Waals surface area contributed by atoms with Crippen LogP contribution in [0.15, 0.2) is 48.7 Å². The van der Waals surface area contributed by atoms with Crippen molar-refractivity contribution in [3.8, 4) is 11.8 Å². The third-order valence-corrected chi connectivity index (χ3v) is 3.51. The smallest absolute Gasteiger partial charge is 0.160 e. The van der Waals surface area contributed by atoms with E-state index in [1.54, 1.807) is 12.1 Å². The Kier molecular flexibility index (Phi) is 4.50. The van der Waals surface area contributed by atoms with Gasteiger partial charge >= 0.3 is 0 Å². The van der Waals surface area contributed by atoms with Crippen LogP contribution in [-0.2, 0) is 0 Å². The number of rotatable bonds is 6. The van der Waals surface area contributed by atoms with E-state index < -0.39 is 0 Å². The second-order valence-electron chi connectivity index (χ2n) is 5.15. The molecule has 0 aliphatic heterocycles. The number of pyridine rings is 1. The van der Waals surface area contributed by atoms with Gasteiger partial charge in [0.15, 0.2) is 11.5 Å². The van der Waals surface area contributed by atoms with E-state index in [4.69, 9.17) is 10.00 Å². The molecule has 116 valence electrons. The first-order chi connectivity index (χ1) is 11.3. The summed E-state index contributed by atoms with van der Waals surface area (Å²) in [5.74, 6) is 1.57. The van der Waals surface area contributed by atoms with E-state index in [1.807, 2.05) is 47.9 Å². The van der Waals surface area contributed by atoms with Gasteiger partial charge < -0.3 is 10.1 Å². The lowest BCUT2D eigenvalue weighted by Crippen LogP contribution is -2.25. The van der Waals surface area contributed by atoms with Gasteiger partial charge in [-0.05, 0) is 37.3 Å². The lowest BCUT2D eigenvalue weighted by molar-refractivity contribution is 0.306. The van der Waals surface area contributed by atoms with Gasteiger partial charge in [0, 0.05) is 12.7 Å². The third-order valence-electron chi connectivity index (χ3n) is 3.51. The number of nitrogens with zero attached hydrogens (tertiary/aromatic N) is 4. The molecule has 0 saturated heterocycles. The average molecular weight is 307 g/mol. The molecule has 0 amide bonds. The van der Waals surface area contributed by atoms with E-state index in [0.29, 0.717) is 24.5 Å². The number of aromatic nitrogens is 3. The highest BCUT2D eigenvalue weighted by Gasteiger charge is 2.12. The van der Waals surface area contributed by atoms with Crippen molar-refractivity contribution >= 4 is 5.65 Å². The Bertz CT molecular complexity index is 836. The fraction of sp³-hybridized carbons (Fsp3) is 0.235. The van der Waals surface area contributed by atoms with Gasteiger partial charge in [0.2, 0.25) is 0 Å². The Hall–Kier alpha value is -2.91. The molecule has 0 spiro atoms. The number of hydrogen-bond acceptors (Lipinski definition) is 5. The summed E-state index contributed by atoms with van der Waals surface area (Å²) in [6.45, 7) is 3.22. The molecule has 0 saturated carbocycles. The molecule has 0 aliphatic rings. The number of hydrogen-bond donors (Lipinski definition) is 1. The van der Waals surface area contributed by atoms with E-state index in [2.05, 4.69) is 21.6 Å².